The lowest BCUT2D eigenvalue weighted by Gasteiger charge is -2.13. The molecule has 88 valence electrons. The van der Waals surface area contributed by atoms with Crippen LogP contribution in [0.15, 0.2) is 58.1 Å². The summed E-state index contributed by atoms with van der Waals surface area (Å²) >= 11 is 0. The number of nitrogens with one attached hydrogen (secondary N) is 1. The van der Waals surface area contributed by atoms with E-state index in [0.717, 1.165) is 11.3 Å². The molecule has 0 spiro atoms. The van der Waals surface area contributed by atoms with E-state index in [9.17, 15) is 4.79 Å². The number of carbonyl (C=O) groups excluding carboxylic acids is 1. The maximum Gasteiger partial charge on any atom is 0.260 e. The molecule has 1 amide bonds. The van der Waals surface area contributed by atoms with Crippen molar-refractivity contribution in [3.05, 3.63) is 53.6 Å². The summed E-state index contributed by atoms with van der Waals surface area (Å²) in [7, 11) is 0. The van der Waals surface area contributed by atoms with Gasteiger partial charge in [0.2, 0.25) is 5.96 Å². The van der Waals surface area contributed by atoms with E-state index in [1.54, 1.807) is 12.2 Å². The average Bonchev–Trinajstić information content (AvgIpc) is 2.81. The standard InChI is InChI=1S/C14H11N3O/c1-9-5-2-3-7-11(9)15-14-16-12-8-4-6-10(12)13(18)17-14/h2-8H,1H3,(H,15,17,18). The van der Waals surface area contributed by atoms with Crippen molar-refractivity contribution in [3.8, 4) is 0 Å². The number of nitrogens with zero attached hydrogens (tertiary/aromatic N) is 2. The summed E-state index contributed by atoms with van der Waals surface area (Å²) in [6.45, 7) is 1.97. The fourth-order valence-corrected chi connectivity index (χ4v) is 1.87. The van der Waals surface area contributed by atoms with Gasteiger partial charge in [0, 0.05) is 0 Å². The Kier molecular flexibility index (Phi) is 2.41. The van der Waals surface area contributed by atoms with E-state index in [0.29, 0.717) is 17.2 Å². The summed E-state index contributed by atoms with van der Waals surface area (Å²) < 4.78 is 0. The van der Waals surface area contributed by atoms with Gasteiger partial charge in [0.05, 0.1) is 17.0 Å². The fraction of sp³-hybridized carbons (Fsp3) is 0.0714. The number of carbonyl (C=O) groups is 1. The third-order valence-corrected chi connectivity index (χ3v) is 2.83. The van der Waals surface area contributed by atoms with Gasteiger partial charge in [-0.1, -0.05) is 24.3 Å². The molecule has 4 nitrogen and oxygen atoms in total. The minimum atomic E-state index is -0.155. The van der Waals surface area contributed by atoms with Gasteiger partial charge >= 0.3 is 0 Å². The number of benzene rings is 1. The summed E-state index contributed by atoms with van der Waals surface area (Å²) in [4.78, 5) is 20.5. The Hall–Kier alpha value is -2.49. The van der Waals surface area contributed by atoms with Crippen LogP contribution in [0.3, 0.4) is 0 Å². The molecule has 3 rings (SSSR count). The lowest BCUT2D eigenvalue weighted by Crippen LogP contribution is -2.37. The third kappa shape index (κ3) is 1.78. The van der Waals surface area contributed by atoms with Crippen molar-refractivity contribution in [2.45, 2.75) is 6.92 Å². The molecule has 0 unspecified atom stereocenters. The SMILES string of the molecule is Cc1ccccc1N=C1N=C2C=CC=C2C(=O)N1. The number of para-hydroxylation sites is 1. The predicted octanol–water partition coefficient (Wildman–Crippen LogP) is 2.05. The number of allylic oxidation sites excluding steroid dienone is 3. The fourth-order valence-electron chi connectivity index (χ4n) is 1.87. The molecule has 1 aliphatic carbocycles. The first-order valence-corrected chi connectivity index (χ1v) is 5.67. The number of hydrogen-bond acceptors (Lipinski definition) is 2. The predicted molar refractivity (Wildman–Crippen MR) is 71.1 cm³/mol. The lowest BCUT2D eigenvalue weighted by molar-refractivity contribution is -0.115. The molecule has 0 aromatic heterocycles. The third-order valence-electron chi connectivity index (χ3n) is 2.83. The van der Waals surface area contributed by atoms with Crippen LogP contribution in [0.4, 0.5) is 5.69 Å². The number of amides is 1. The highest BCUT2D eigenvalue weighted by Crippen LogP contribution is 2.19. The van der Waals surface area contributed by atoms with Crippen LogP contribution in [-0.2, 0) is 4.79 Å². The zero-order chi connectivity index (χ0) is 12.5. The Morgan fingerprint density at radius 3 is 2.94 bits per heavy atom. The molecule has 1 heterocycles. The van der Waals surface area contributed by atoms with Gasteiger partial charge in [0.1, 0.15) is 0 Å². The Morgan fingerprint density at radius 2 is 2.11 bits per heavy atom. The summed E-state index contributed by atoms with van der Waals surface area (Å²) in [6, 6.07) is 7.72. The van der Waals surface area contributed by atoms with Gasteiger partial charge in [-0.05, 0) is 30.7 Å². The molecule has 0 bridgehead atoms. The monoisotopic (exact) mass is 237 g/mol. The smallest absolute Gasteiger partial charge is 0.260 e. The number of fused-ring (bicyclic) bond motifs is 1. The molecule has 0 saturated heterocycles. The van der Waals surface area contributed by atoms with Crippen molar-refractivity contribution in [3.63, 3.8) is 0 Å². The maximum absolute atomic E-state index is 11.8. The van der Waals surface area contributed by atoms with Crippen LogP contribution in [0.2, 0.25) is 0 Å². The van der Waals surface area contributed by atoms with Crippen LogP contribution in [0.5, 0.6) is 0 Å². The van der Waals surface area contributed by atoms with E-state index in [1.807, 2.05) is 37.3 Å². The number of hydrogen-bond donors (Lipinski definition) is 1. The second-order valence-corrected chi connectivity index (χ2v) is 4.11. The van der Waals surface area contributed by atoms with E-state index >= 15 is 0 Å². The Balaban J connectivity index is 2.02. The summed E-state index contributed by atoms with van der Waals surface area (Å²) in [5.74, 6) is 0.185. The molecule has 2 aliphatic rings. The van der Waals surface area contributed by atoms with Crippen LogP contribution in [0.1, 0.15) is 5.56 Å². The lowest BCUT2D eigenvalue weighted by atomic mass is 10.1. The molecule has 0 saturated carbocycles. The molecule has 1 aromatic rings. The summed E-state index contributed by atoms with van der Waals surface area (Å²) in [6.07, 6.45) is 5.37. The minimum Gasteiger partial charge on any atom is -0.290 e. The molecule has 1 aromatic carbocycles. The molecule has 0 fully saturated rings. The van der Waals surface area contributed by atoms with Gasteiger partial charge < -0.3 is 0 Å². The number of aryl methyl sites for hydroxylation is 1. The van der Waals surface area contributed by atoms with Crippen molar-refractivity contribution in [1.82, 2.24) is 5.32 Å². The van der Waals surface area contributed by atoms with Crippen molar-refractivity contribution < 1.29 is 4.79 Å². The van der Waals surface area contributed by atoms with Crippen LogP contribution in [0, 0.1) is 6.92 Å². The van der Waals surface area contributed by atoms with E-state index < -0.39 is 0 Å². The molecule has 0 atom stereocenters. The van der Waals surface area contributed by atoms with Crippen LogP contribution in [-0.4, -0.2) is 17.6 Å². The van der Waals surface area contributed by atoms with Gasteiger partial charge in [-0.25, -0.2) is 9.98 Å². The molecule has 18 heavy (non-hydrogen) atoms. The Bertz CT molecular complexity index is 651. The first-order valence-electron chi connectivity index (χ1n) is 5.67. The molecule has 1 N–H and O–H groups in total. The largest absolute Gasteiger partial charge is 0.290 e. The van der Waals surface area contributed by atoms with E-state index in [4.69, 9.17) is 0 Å². The van der Waals surface area contributed by atoms with Gasteiger partial charge in [-0.2, -0.15) is 0 Å². The van der Waals surface area contributed by atoms with Crippen molar-refractivity contribution in [2.24, 2.45) is 9.98 Å². The number of rotatable bonds is 1. The first-order chi connectivity index (χ1) is 8.74. The molecular weight excluding hydrogens is 226 g/mol. The highest BCUT2D eigenvalue weighted by molar-refractivity contribution is 6.35. The maximum atomic E-state index is 11.8. The van der Waals surface area contributed by atoms with E-state index in [2.05, 4.69) is 15.3 Å². The van der Waals surface area contributed by atoms with Crippen LogP contribution < -0.4 is 5.32 Å². The summed E-state index contributed by atoms with van der Waals surface area (Å²) in [5, 5.41) is 2.68. The van der Waals surface area contributed by atoms with Gasteiger partial charge in [0.15, 0.2) is 0 Å². The first kappa shape index (κ1) is 10.7. The number of aliphatic imine (C=N–C) groups is 2. The number of guanidine groups is 1. The van der Waals surface area contributed by atoms with Gasteiger partial charge in [-0.15, -0.1) is 0 Å². The van der Waals surface area contributed by atoms with Crippen LogP contribution in [0.25, 0.3) is 0 Å². The molecule has 4 heteroatoms. The molecular formula is C14H11N3O. The highest BCUT2D eigenvalue weighted by atomic mass is 16.2. The van der Waals surface area contributed by atoms with Gasteiger partial charge in [0.25, 0.3) is 5.91 Å². The molecule has 0 radical (unpaired) electrons. The molecule has 1 aliphatic heterocycles. The second-order valence-electron chi connectivity index (χ2n) is 4.11. The van der Waals surface area contributed by atoms with E-state index in [-0.39, 0.29) is 5.91 Å². The minimum absolute atomic E-state index is 0.155. The summed E-state index contributed by atoms with van der Waals surface area (Å²) in [5.41, 5.74) is 3.12. The zero-order valence-corrected chi connectivity index (χ0v) is 9.84. The van der Waals surface area contributed by atoms with Crippen molar-refractivity contribution in [2.75, 3.05) is 0 Å². The van der Waals surface area contributed by atoms with Crippen molar-refractivity contribution in [1.29, 1.82) is 0 Å². The topological polar surface area (TPSA) is 53.8 Å². The van der Waals surface area contributed by atoms with Gasteiger partial charge in [-0.3, -0.25) is 10.1 Å². The zero-order valence-electron chi connectivity index (χ0n) is 9.84. The van der Waals surface area contributed by atoms with E-state index in [1.165, 1.54) is 0 Å². The van der Waals surface area contributed by atoms with Crippen molar-refractivity contribution >= 4 is 23.3 Å². The Morgan fingerprint density at radius 1 is 1.28 bits per heavy atom. The highest BCUT2D eigenvalue weighted by Gasteiger charge is 2.23. The van der Waals surface area contributed by atoms with Crippen LogP contribution >= 0.6 is 0 Å². The average molecular weight is 237 g/mol. The normalized spacial score (nSPS) is 19.4. The Labute approximate surface area is 104 Å². The second kappa shape index (κ2) is 4.07. The quantitative estimate of drug-likeness (QED) is 0.798.